The van der Waals surface area contributed by atoms with E-state index in [1.807, 2.05) is 29.6 Å². The highest BCUT2D eigenvalue weighted by molar-refractivity contribution is 7.09. The van der Waals surface area contributed by atoms with Gasteiger partial charge in [0.1, 0.15) is 5.01 Å². The third-order valence-corrected chi connectivity index (χ3v) is 3.72. The number of benzene rings is 1. The lowest BCUT2D eigenvalue weighted by atomic mass is 10.2. The van der Waals surface area contributed by atoms with Crippen LogP contribution in [0.3, 0.4) is 0 Å². The van der Waals surface area contributed by atoms with Gasteiger partial charge in [0.15, 0.2) is 0 Å². The Morgan fingerprint density at radius 1 is 1.47 bits per heavy atom. The topological polar surface area (TPSA) is 57.3 Å². The van der Waals surface area contributed by atoms with Gasteiger partial charge in [-0.05, 0) is 18.2 Å². The van der Waals surface area contributed by atoms with Gasteiger partial charge in [-0.2, -0.15) is 0 Å². The van der Waals surface area contributed by atoms with Gasteiger partial charge in [0, 0.05) is 36.0 Å². The Bertz CT molecular complexity index is 570. The van der Waals surface area contributed by atoms with E-state index in [2.05, 4.69) is 15.6 Å². The van der Waals surface area contributed by atoms with Crippen LogP contribution >= 0.6 is 11.3 Å². The number of urea groups is 1. The third-order valence-electron chi connectivity index (χ3n) is 2.94. The molecule has 0 radical (unpaired) electrons. The number of hydrogen-bond donors (Lipinski definition) is 2. The van der Waals surface area contributed by atoms with Crippen molar-refractivity contribution >= 4 is 28.7 Å². The summed E-state index contributed by atoms with van der Waals surface area (Å²) >= 11 is 1.62. The summed E-state index contributed by atoms with van der Waals surface area (Å²) in [4.78, 5) is 17.6. The van der Waals surface area contributed by atoms with Gasteiger partial charge in [0.05, 0.1) is 6.54 Å². The summed E-state index contributed by atoms with van der Waals surface area (Å²) in [7, 11) is 0. The lowest BCUT2D eigenvalue weighted by molar-refractivity contribution is 0.252. The molecule has 0 bridgehead atoms. The molecule has 0 unspecified atom stereocenters. The van der Waals surface area contributed by atoms with E-state index in [4.69, 9.17) is 0 Å². The molecule has 2 N–H and O–H groups in total. The maximum absolute atomic E-state index is 11.6. The quantitative estimate of drug-likeness (QED) is 0.899. The predicted molar refractivity (Wildman–Crippen MR) is 76.6 cm³/mol. The summed E-state index contributed by atoms with van der Waals surface area (Å²) < 4.78 is 0. The molecule has 3 rings (SSSR count). The molecule has 0 atom stereocenters. The first-order valence-corrected chi connectivity index (χ1v) is 6.98. The minimum absolute atomic E-state index is 0.0305. The molecule has 1 aromatic carbocycles. The number of carbonyl (C=O) groups excluding carboxylic acids is 1. The van der Waals surface area contributed by atoms with Crippen LogP contribution in [0.1, 0.15) is 5.01 Å². The summed E-state index contributed by atoms with van der Waals surface area (Å²) in [6, 6.07) is 7.84. The molecule has 19 heavy (non-hydrogen) atoms. The number of nitrogens with one attached hydrogen (secondary N) is 2. The van der Waals surface area contributed by atoms with Crippen molar-refractivity contribution in [2.24, 2.45) is 0 Å². The summed E-state index contributed by atoms with van der Waals surface area (Å²) in [6.45, 7) is 2.12. The zero-order valence-electron chi connectivity index (χ0n) is 10.3. The van der Waals surface area contributed by atoms with E-state index >= 15 is 0 Å². The Balaban J connectivity index is 1.71. The summed E-state index contributed by atoms with van der Waals surface area (Å²) in [5.74, 6) is 0. The van der Waals surface area contributed by atoms with E-state index < -0.39 is 0 Å². The summed E-state index contributed by atoms with van der Waals surface area (Å²) in [6.07, 6.45) is 1.80. The average molecular weight is 274 g/mol. The SMILES string of the molecule is O=C1NCCN1c1cccc(NCc2nccs2)c1. The van der Waals surface area contributed by atoms with Crippen molar-refractivity contribution in [2.45, 2.75) is 6.54 Å². The number of anilines is 2. The molecule has 0 saturated carbocycles. The highest BCUT2D eigenvalue weighted by atomic mass is 32.1. The highest BCUT2D eigenvalue weighted by Crippen LogP contribution is 2.21. The van der Waals surface area contributed by atoms with Crippen LogP contribution in [-0.4, -0.2) is 24.1 Å². The van der Waals surface area contributed by atoms with Gasteiger partial charge < -0.3 is 10.6 Å². The molecule has 0 spiro atoms. The van der Waals surface area contributed by atoms with Crippen molar-refractivity contribution in [2.75, 3.05) is 23.3 Å². The lowest BCUT2D eigenvalue weighted by Crippen LogP contribution is -2.27. The van der Waals surface area contributed by atoms with E-state index in [0.29, 0.717) is 13.1 Å². The van der Waals surface area contributed by atoms with Crippen LogP contribution in [0.15, 0.2) is 35.8 Å². The molecule has 6 heteroatoms. The Kier molecular flexibility index (Phi) is 3.33. The fourth-order valence-electron chi connectivity index (χ4n) is 2.02. The first kappa shape index (κ1) is 12.0. The van der Waals surface area contributed by atoms with E-state index in [1.165, 1.54) is 0 Å². The van der Waals surface area contributed by atoms with Gasteiger partial charge in [-0.3, -0.25) is 4.90 Å². The van der Waals surface area contributed by atoms with Crippen LogP contribution in [0.2, 0.25) is 0 Å². The third kappa shape index (κ3) is 2.68. The lowest BCUT2D eigenvalue weighted by Gasteiger charge is -2.15. The molecule has 2 amide bonds. The molecule has 2 heterocycles. The minimum atomic E-state index is -0.0305. The smallest absolute Gasteiger partial charge is 0.321 e. The largest absolute Gasteiger partial charge is 0.378 e. The van der Waals surface area contributed by atoms with Gasteiger partial charge in [-0.15, -0.1) is 11.3 Å². The van der Waals surface area contributed by atoms with Gasteiger partial charge >= 0.3 is 6.03 Å². The van der Waals surface area contributed by atoms with E-state index in [-0.39, 0.29) is 6.03 Å². The van der Waals surface area contributed by atoms with Crippen molar-refractivity contribution in [3.05, 3.63) is 40.8 Å². The first-order chi connectivity index (χ1) is 9.33. The first-order valence-electron chi connectivity index (χ1n) is 6.10. The fraction of sp³-hybridized carbons (Fsp3) is 0.231. The molecule has 1 aliphatic heterocycles. The Morgan fingerprint density at radius 3 is 3.16 bits per heavy atom. The number of hydrogen-bond acceptors (Lipinski definition) is 4. The molecular weight excluding hydrogens is 260 g/mol. The zero-order valence-corrected chi connectivity index (χ0v) is 11.1. The van der Waals surface area contributed by atoms with E-state index in [1.54, 1.807) is 22.4 Å². The molecule has 1 fully saturated rings. The van der Waals surface area contributed by atoms with Gasteiger partial charge in [0.25, 0.3) is 0 Å². The second-order valence-electron chi connectivity index (χ2n) is 4.21. The molecule has 98 valence electrons. The maximum atomic E-state index is 11.6. The number of thiazole rings is 1. The number of aromatic nitrogens is 1. The monoisotopic (exact) mass is 274 g/mol. The molecule has 0 aliphatic carbocycles. The Hall–Kier alpha value is -2.08. The molecular formula is C13H14N4OS. The molecule has 1 saturated heterocycles. The summed E-state index contributed by atoms with van der Waals surface area (Å²) in [5, 5.41) is 9.12. The number of rotatable bonds is 4. The highest BCUT2D eigenvalue weighted by Gasteiger charge is 2.20. The molecule has 2 aromatic rings. The van der Waals surface area contributed by atoms with Crippen molar-refractivity contribution in [3.8, 4) is 0 Å². The maximum Gasteiger partial charge on any atom is 0.321 e. The number of amides is 2. The van der Waals surface area contributed by atoms with Crippen molar-refractivity contribution < 1.29 is 4.79 Å². The van der Waals surface area contributed by atoms with Crippen LogP contribution in [0.4, 0.5) is 16.2 Å². The average Bonchev–Trinajstić information content (AvgIpc) is 3.08. The van der Waals surface area contributed by atoms with Crippen LogP contribution in [0.25, 0.3) is 0 Å². The fourth-order valence-corrected chi connectivity index (χ4v) is 2.58. The minimum Gasteiger partial charge on any atom is -0.378 e. The van der Waals surface area contributed by atoms with Gasteiger partial charge in [-0.1, -0.05) is 6.07 Å². The molecule has 1 aliphatic rings. The van der Waals surface area contributed by atoms with Crippen LogP contribution in [-0.2, 0) is 6.54 Å². The molecule has 5 nitrogen and oxygen atoms in total. The van der Waals surface area contributed by atoms with Crippen LogP contribution in [0, 0.1) is 0 Å². The Labute approximate surface area is 115 Å². The zero-order chi connectivity index (χ0) is 13.1. The second kappa shape index (κ2) is 5.27. The van der Waals surface area contributed by atoms with Gasteiger partial charge in [0.2, 0.25) is 0 Å². The Morgan fingerprint density at radius 2 is 2.42 bits per heavy atom. The second-order valence-corrected chi connectivity index (χ2v) is 5.19. The van der Waals surface area contributed by atoms with E-state index in [9.17, 15) is 4.79 Å². The molecule has 1 aromatic heterocycles. The van der Waals surface area contributed by atoms with Crippen LogP contribution in [0.5, 0.6) is 0 Å². The number of carbonyl (C=O) groups is 1. The van der Waals surface area contributed by atoms with Crippen LogP contribution < -0.4 is 15.5 Å². The normalized spacial score (nSPS) is 14.5. The van der Waals surface area contributed by atoms with Crippen molar-refractivity contribution in [1.29, 1.82) is 0 Å². The predicted octanol–water partition coefficient (Wildman–Crippen LogP) is 2.28. The standard InChI is InChI=1S/C13H14N4OS/c18-13-15-4-6-17(13)11-3-1-2-10(8-11)16-9-12-14-5-7-19-12/h1-3,5,7-8,16H,4,6,9H2,(H,15,18). The van der Waals surface area contributed by atoms with E-state index in [0.717, 1.165) is 22.9 Å². The van der Waals surface area contributed by atoms with Crippen molar-refractivity contribution in [3.63, 3.8) is 0 Å². The summed E-state index contributed by atoms with van der Waals surface area (Å²) in [5.41, 5.74) is 1.91. The van der Waals surface area contributed by atoms with Crippen molar-refractivity contribution in [1.82, 2.24) is 10.3 Å². The number of nitrogens with zero attached hydrogens (tertiary/aromatic N) is 2. The van der Waals surface area contributed by atoms with Gasteiger partial charge in [-0.25, -0.2) is 9.78 Å².